The lowest BCUT2D eigenvalue weighted by Gasteiger charge is -2.18. The summed E-state index contributed by atoms with van der Waals surface area (Å²) in [5.74, 6) is -6.38. The maximum absolute atomic E-state index is 12.1. The molecule has 1 aliphatic rings. The number of benzene rings is 1. The Labute approximate surface area is 115 Å². The largest absolute Gasteiger partial charge is 0.479 e. The second-order valence-electron chi connectivity index (χ2n) is 4.02. The molecule has 2 amide bonds. The van der Waals surface area contributed by atoms with Crippen LogP contribution in [0.2, 0.25) is 0 Å². The van der Waals surface area contributed by atoms with Gasteiger partial charge in [-0.1, -0.05) is 6.07 Å². The van der Waals surface area contributed by atoms with E-state index in [1.165, 1.54) is 0 Å². The fourth-order valence-corrected chi connectivity index (χ4v) is 2.00. The summed E-state index contributed by atoms with van der Waals surface area (Å²) in [6.45, 7) is 0. The number of carbonyl (C=O) groups excluding carboxylic acids is 2. The van der Waals surface area contributed by atoms with Crippen molar-refractivity contribution in [3.05, 3.63) is 39.4 Å². The van der Waals surface area contributed by atoms with Crippen LogP contribution in [-0.4, -0.2) is 49.8 Å². The number of aliphatic carboxylic acids is 2. The molecule has 0 atom stereocenters. The average molecular weight is 294 g/mol. The number of rotatable bonds is 4. The van der Waals surface area contributed by atoms with Crippen molar-refractivity contribution in [3.8, 4) is 0 Å². The van der Waals surface area contributed by atoms with Gasteiger partial charge in [0.25, 0.3) is 17.5 Å². The van der Waals surface area contributed by atoms with Crippen LogP contribution in [-0.2, 0) is 9.59 Å². The van der Waals surface area contributed by atoms with Crippen molar-refractivity contribution in [2.75, 3.05) is 0 Å². The van der Waals surface area contributed by atoms with Gasteiger partial charge in [-0.05, 0) is 6.07 Å². The van der Waals surface area contributed by atoms with Gasteiger partial charge in [-0.2, -0.15) is 0 Å². The smallest absolute Gasteiger partial charge is 0.338 e. The number of hydrogen-bond donors (Lipinski definition) is 2. The molecule has 1 aromatic carbocycles. The van der Waals surface area contributed by atoms with E-state index in [4.69, 9.17) is 10.2 Å². The lowest BCUT2D eigenvalue weighted by molar-refractivity contribution is -0.385. The quantitative estimate of drug-likeness (QED) is 0.332. The normalized spacial score (nSPS) is 13.5. The fraction of sp³-hybridized carbons (Fsp3) is 0.0909. The Morgan fingerprint density at radius 1 is 1.14 bits per heavy atom. The third-order valence-electron chi connectivity index (χ3n) is 2.85. The summed E-state index contributed by atoms with van der Waals surface area (Å²) in [6.07, 6.45) is 0. The summed E-state index contributed by atoms with van der Waals surface area (Å²) in [5, 5.41) is 28.5. The molecule has 1 aromatic rings. The molecule has 0 saturated carbocycles. The Morgan fingerprint density at radius 2 is 1.71 bits per heavy atom. The predicted molar refractivity (Wildman–Crippen MR) is 62.7 cm³/mol. The van der Waals surface area contributed by atoms with Crippen LogP contribution in [0, 0.1) is 10.1 Å². The van der Waals surface area contributed by atoms with Crippen LogP contribution in [0.5, 0.6) is 0 Å². The first-order valence-electron chi connectivity index (χ1n) is 5.38. The molecule has 0 saturated heterocycles. The Bertz CT molecular complexity index is 696. The highest BCUT2D eigenvalue weighted by molar-refractivity contribution is 6.26. The maximum atomic E-state index is 12.1. The molecular formula is C11H6N2O8. The molecule has 0 fully saturated rings. The number of nitrogens with zero attached hydrogens (tertiary/aromatic N) is 2. The molecular weight excluding hydrogens is 288 g/mol. The third-order valence-corrected chi connectivity index (χ3v) is 2.85. The average Bonchev–Trinajstić information content (AvgIpc) is 2.63. The van der Waals surface area contributed by atoms with Crippen molar-refractivity contribution >= 4 is 29.4 Å². The second kappa shape index (κ2) is 4.67. The van der Waals surface area contributed by atoms with Crippen LogP contribution in [0.1, 0.15) is 20.7 Å². The van der Waals surface area contributed by atoms with Crippen molar-refractivity contribution in [1.29, 1.82) is 0 Å². The van der Waals surface area contributed by atoms with Gasteiger partial charge in [0.05, 0.1) is 10.5 Å². The molecule has 0 unspecified atom stereocenters. The van der Waals surface area contributed by atoms with E-state index in [0.29, 0.717) is 0 Å². The minimum atomic E-state index is -2.45. The number of hydrogen-bond acceptors (Lipinski definition) is 6. The number of nitro groups is 1. The van der Waals surface area contributed by atoms with E-state index in [2.05, 4.69) is 0 Å². The van der Waals surface area contributed by atoms with E-state index in [1.807, 2.05) is 0 Å². The van der Waals surface area contributed by atoms with Gasteiger partial charge in [0.15, 0.2) is 0 Å². The number of imide groups is 1. The van der Waals surface area contributed by atoms with Crippen LogP contribution in [0.4, 0.5) is 5.69 Å². The molecule has 2 N–H and O–H groups in total. The van der Waals surface area contributed by atoms with Crippen molar-refractivity contribution in [2.24, 2.45) is 0 Å². The Kier molecular flexibility index (Phi) is 3.14. The monoisotopic (exact) mass is 294 g/mol. The van der Waals surface area contributed by atoms with Crippen LogP contribution < -0.4 is 0 Å². The zero-order valence-corrected chi connectivity index (χ0v) is 10.0. The molecule has 108 valence electrons. The Hall–Kier alpha value is -3.30. The highest BCUT2D eigenvalue weighted by Gasteiger charge is 2.49. The molecule has 0 bridgehead atoms. The van der Waals surface area contributed by atoms with Gasteiger partial charge in [-0.3, -0.25) is 19.7 Å². The first-order chi connectivity index (χ1) is 9.77. The van der Waals surface area contributed by atoms with E-state index < -0.39 is 51.5 Å². The van der Waals surface area contributed by atoms with Gasteiger partial charge < -0.3 is 10.2 Å². The van der Waals surface area contributed by atoms with E-state index in [1.54, 1.807) is 0 Å². The van der Waals surface area contributed by atoms with Crippen LogP contribution in [0.3, 0.4) is 0 Å². The molecule has 0 radical (unpaired) electrons. The summed E-state index contributed by atoms with van der Waals surface area (Å²) >= 11 is 0. The van der Waals surface area contributed by atoms with Gasteiger partial charge in [0.1, 0.15) is 5.56 Å². The summed E-state index contributed by atoms with van der Waals surface area (Å²) in [7, 11) is 0. The molecule has 1 aliphatic heterocycles. The lowest BCUT2D eigenvalue weighted by Crippen LogP contribution is -2.49. The first kappa shape index (κ1) is 14.1. The standard InChI is InChI=1S/C11H6N2O8/c14-8-4-2-1-3-5(13(20)21)6(4)9(15)12(8)7(10(16)17)11(18)19/h1-3,7H,(H,16,17)(H,18,19). The molecule has 0 spiro atoms. The van der Waals surface area contributed by atoms with Crippen LogP contribution in [0.15, 0.2) is 18.2 Å². The van der Waals surface area contributed by atoms with Gasteiger partial charge in [-0.25, -0.2) is 14.5 Å². The highest BCUT2D eigenvalue weighted by Crippen LogP contribution is 2.31. The number of amides is 2. The number of carbonyl (C=O) groups is 4. The van der Waals surface area contributed by atoms with Crippen LogP contribution in [0.25, 0.3) is 0 Å². The van der Waals surface area contributed by atoms with Crippen molar-refractivity contribution < 1.29 is 34.3 Å². The zero-order chi connectivity index (χ0) is 15.9. The number of carboxylic acids is 2. The summed E-state index contributed by atoms with van der Waals surface area (Å²) in [4.78, 5) is 55.8. The first-order valence-corrected chi connectivity index (χ1v) is 5.38. The highest BCUT2D eigenvalue weighted by atomic mass is 16.6. The lowest BCUT2D eigenvalue weighted by atomic mass is 10.1. The van der Waals surface area contributed by atoms with Gasteiger partial charge in [0.2, 0.25) is 6.04 Å². The summed E-state index contributed by atoms with van der Waals surface area (Å²) in [5.41, 5.74) is -1.70. The minimum Gasteiger partial charge on any atom is -0.479 e. The van der Waals surface area contributed by atoms with Crippen molar-refractivity contribution in [3.63, 3.8) is 0 Å². The molecule has 0 aromatic heterocycles. The van der Waals surface area contributed by atoms with E-state index in [0.717, 1.165) is 18.2 Å². The molecule has 10 nitrogen and oxygen atoms in total. The SMILES string of the molecule is O=C(O)C(C(=O)O)N1C(=O)c2cccc([N+](=O)[O-])c2C1=O. The molecule has 1 heterocycles. The van der Waals surface area contributed by atoms with Gasteiger partial charge in [-0.15, -0.1) is 0 Å². The minimum absolute atomic E-state index is 0.0116. The Morgan fingerprint density at radius 3 is 2.19 bits per heavy atom. The zero-order valence-electron chi connectivity index (χ0n) is 10.0. The molecule has 2 rings (SSSR count). The van der Waals surface area contributed by atoms with E-state index >= 15 is 0 Å². The fourth-order valence-electron chi connectivity index (χ4n) is 2.00. The molecule has 0 aliphatic carbocycles. The van der Waals surface area contributed by atoms with E-state index in [-0.39, 0.29) is 4.90 Å². The maximum Gasteiger partial charge on any atom is 0.338 e. The Balaban J connectivity index is 2.63. The van der Waals surface area contributed by atoms with Crippen LogP contribution >= 0.6 is 0 Å². The number of carboxylic acid groups (broad SMARTS) is 2. The number of fused-ring (bicyclic) bond motifs is 1. The molecule has 21 heavy (non-hydrogen) atoms. The van der Waals surface area contributed by atoms with E-state index in [9.17, 15) is 29.3 Å². The number of nitro benzene ring substituents is 1. The topological polar surface area (TPSA) is 155 Å². The summed E-state index contributed by atoms with van der Waals surface area (Å²) in [6, 6.07) is 0.743. The summed E-state index contributed by atoms with van der Waals surface area (Å²) < 4.78 is 0. The van der Waals surface area contributed by atoms with Gasteiger partial charge in [0, 0.05) is 6.07 Å². The van der Waals surface area contributed by atoms with Crippen molar-refractivity contribution in [2.45, 2.75) is 6.04 Å². The molecule has 10 heteroatoms. The predicted octanol–water partition coefficient (Wildman–Crippen LogP) is -0.271. The second-order valence-corrected chi connectivity index (χ2v) is 4.02. The van der Waals surface area contributed by atoms with Gasteiger partial charge >= 0.3 is 11.9 Å². The van der Waals surface area contributed by atoms with Crippen molar-refractivity contribution in [1.82, 2.24) is 4.90 Å². The third kappa shape index (κ3) is 1.98.